The van der Waals surface area contributed by atoms with Gasteiger partial charge >= 0.3 is 0 Å². The lowest BCUT2D eigenvalue weighted by Crippen LogP contribution is -2.34. The first-order valence-corrected chi connectivity index (χ1v) is 11.2. The minimum atomic E-state index is -3.60. The van der Waals surface area contributed by atoms with Crippen LogP contribution in [0.5, 0.6) is 0 Å². The molecule has 0 amide bonds. The third kappa shape index (κ3) is 4.77. The topological polar surface area (TPSA) is 74.8 Å². The maximum atomic E-state index is 13.0. The molecule has 1 aliphatic heterocycles. The van der Waals surface area contributed by atoms with E-state index in [1.54, 1.807) is 24.4 Å². The van der Waals surface area contributed by atoms with Gasteiger partial charge in [0.05, 0.1) is 35.2 Å². The number of hydrogen-bond donors (Lipinski definition) is 1. The number of nitrogens with zero attached hydrogens (tertiary/aromatic N) is 3. The summed E-state index contributed by atoms with van der Waals surface area (Å²) >= 11 is 0. The molecule has 0 saturated carbocycles. The molecule has 1 aromatic carbocycles. The van der Waals surface area contributed by atoms with Crippen LogP contribution in [-0.2, 0) is 21.3 Å². The number of fused-ring (bicyclic) bond motifs is 1. The molecule has 0 fully saturated rings. The number of aromatic nitrogens is 1. The van der Waals surface area contributed by atoms with Gasteiger partial charge in [-0.15, -0.1) is 6.58 Å². The minimum absolute atomic E-state index is 0.138. The summed E-state index contributed by atoms with van der Waals surface area (Å²) in [4.78, 5) is 6.66. The molecule has 1 aliphatic rings. The largest absolute Gasteiger partial charge is 0.380 e. The van der Waals surface area contributed by atoms with Gasteiger partial charge in [-0.05, 0) is 37.6 Å². The average Bonchev–Trinajstić information content (AvgIpc) is 3.03. The number of sulfonamides is 1. The highest BCUT2D eigenvalue weighted by atomic mass is 32.2. The van der Waals surface area contributed by atoms with Crippen LogP contribution in [0.2, 0.25) is 0 Å². The Hall–Kier alpha value is -2.42. The first-order chi connectivity index (χ1) is 14.0. The maximum Gasteiger partial charge on any atom is 0.243 e. The van der Waals surface area contributed by atoms with Crippen molar-refractivity contribution in [1.29, 1.82) is 0 Å². The predicted octanol–water partition coefficient (Wildman–Crippen LogP) is 3.07. The summed E-state index contributed by atoms with van der Waals surface area (Å²) in [7, 11) is -3.60. The molecular formula is C21H28N4O3S. The molecule has 7 nitrogen and oxygen atoms in total. The van der Waals surface area contributed by atoms with Crippen molar-refractivity contribution < 1.29 is 13.2 Å². The van der Waals surface area contributed by atoms with E-state index in [1.807, 2.05) is 31.3 Å². The van der Waals surface area contributed by atoms with Crippen LogP contribution in [0.3, 0.4) is 0 Å². The van der Waals surface area contributed by atoms with Crippen molar-refractivity contribution in [2.45, 2.75) is 31.5 Å². The van der Waals surface area contributed by atoms with E-state index in [4.69, 9.17) is 4.74 Å². The van der Waals surface area contributed by atoms with Crippen LogP contribution < -0.4 is 10.2 Å². The minimum Gasteiger partial charge on any atom is -0.380 e. The first-order valence-electron chi connectivity index (χ1n) is 9.72. The van der Waals surface area contributed by atoms with Crippen molar-refractivity contribution in [1.82, 2.24) is 9.29 Å². The lowest BCUT2D eigenvalue weighted by Gasteiger charge is -2.24. The van der Waals surface area contributed by atoms with E-state index in [-0.39, 0.29) is 17.6 Å². The normalized spacial score (nSPS) is 16.0. The van der Waals surface area contributed by atoms with E-state index < -0.39 is 10.0 Å². The summed E-state index contributed by atoms with van der Waals surface area (Å²) in [6.07, 6.45) is 5.32. The van der Waals surface area contributed by atoms with Crippen molar-refractivity contribution in [2.75, 3.05) is 36.5 Å². The van der Waals surface area contributed by atoms with Crippen LogP contribution in [0.1, 0.15) is 19.4 Å². The molecule has 1 N–H and O–H groups in total. The van der Waals surface area contributed by atoms with Crippen LogP contribution in [0.4, 0.5) is 11.4 Å². The standard InChI is InChI=1S/C21H28N4O3S/c1-4-12-24(13-14-28-5-2)29(26,27)19-8-6-18(7-9-19)16-25-17(3)23-20-15-22-11-10-21(20)25/h4,6-11,15,17,23H,1,5,12-14,16H2,2-3H3. The van der Waals surface area contributed by atoms with E-state index in [0.29, 0.717) is 26.3 Å². The van der Waals surface area contributed by atoms with Gasteiger partial charge in [-0.25, -0.2) is 8.42 Å². The highest BCUT2D eigenvalue weighted by Gasteiger charge is 2.26. The summed E-state index contributed by atoms with van der Waals surface area (Å²) in [6, 6.07) is 9.06. The zero-order chi connectivity index (χ0) is 20.9. The van der Waals surface area contributed by atoms with E-state index >= 15 is 0 Å². The van der Waals surface area contributed by atoms with Crippen molar-refractivity contribution in [3.8, 4) is 0 Å². The van der Waals surface area contributed by atoms with Crippen LogP contribution in [0.15, 0.2) is 60.3 Å². The number of benzene rings is 1. The smallest absolute Gasteiger partial charge is 0.243 e. The van der Waals surface area contributed by atoms with Gasteiger partial charge in [-0.3, -0.25) is 4.98 Å². The number of pyridine rings is 1. The summed E-state index contributed by atoms with van der Waals surface area (Å²) < 4.78 is 32.7. The van der Waals surface area contributed by atoms with Gasteiger partial charge in [0.1, 0.15) is 0 Å². The van der Waals surface area contributed by atoms with E-state index in [1.165, 1.54) is 4.31 Å². The Morgan fingerprint density at radius 3 is 2.76 bits per heavy atom. The summed E-state index contributed by atoms with van der Waals surface area (Å²) in [5.41, 5.74) is 3.14. The highest BCUT2D eigenvalue weighted by molar-refractivity contribution is 7.89. The van der Waals surface area contributed by atoms with Gasteiger partial charge in [-0.2, -0.15) is 4.31 Å². The number of hydrogen-bond acceptors (Lipinski definition) is 6. The molecule has 156 valence electrons. The molecule has 0 aliphatic carbocycles. The molecule has 8 heteroatoms. The van der Waals surface area contributed by atoms with Crippen molar-refractivity contribution >= 4 is 21.4 Å². The quantitative estimate of drug-likeness (QED) is 0.474. The Morgan fingerprint density at radius 2 is 2.07 bits per heavy atom. The number of rotatable bonds is 10. The van der Waals surface area contributed by atoms with Gasteiger partial charge in [0.15, 0.2) is 0 Å². The van der Waals surface area contributed by atoms with Gasteiger partial charge in [0.2, 0.25) is 10.0 Å². The van der Waals surface area contributed by atoms with Gasteiger partial charge in [-0.1, -0.05) is 18.2 Å². The van der Waals surface area contributed by atoms with Crippen molar-refractivity contribution in [3.63, 3.8) is 0 Å². The second-order valence-electron chi connectivity index (χ2n) is 6.83. The lowest BCUT2D eigenvalue weighted by molar-refractivity contribution is 0.136. The van der Waals surface area contributed by atoms with Crippen molar-refractivity contribution in [3.05, 3.63) is 60.9 Å². The average molecular weight is 417 g/mol. The second kappa shape index (κ2) is 9.39. The fourth-order valence-electron chi connectivity index (χ4n) is 3.36. The molecule has 1 unspecified atom stereocenters. The van der Waals surface area contributed by atoms with Crippen LogP contribution in [0.25, 0.3) is 0 Å². The molecule has 0 radical (unpaired) electrons. The zero-order valence-corrected chi connectivity index (χ0v) is 17.7. The molecule has 1 atom stereocenters. The Balaban J connectivity index is 1.74. The number of ether oxygens (including phenoxy) is 1. The maximum absolute atomic E-state index is 13.0. The van der Waals surface area contributed by atoms with Crippen molar-refractivity contribution in [2.24, 2.45) is 0 Å². The zero-order valence-electron chi connectivity index (χ0n) is 16.9. The van der Waals surface area contributed by atoms with E-state index in [0.717, 1.165) is 16.9 Å². The summed E-state index contributed by atoms with van der Waals surface area (Å²) in [5.74, 6) is 0. The Morgan fingerprint density at radius 1 is 1.31 bits per heavy atom. The van der Waals surface area contributed by atoms with Crippen LogP contribution in [0, 0.1) is 0 Å². The van der Waals surface area contributed by atoms with E-state index in [9.17, 15) is 8.42 Å². The van der Waals surface area contributed by atoms with Gasteiger partial charge in [0.25, 0.3) is 0 Å². The Bertz CT molecular complexity index is 931. The fraction of sp³-hybridized carbons (Fsp3) is 0.381. The lowest BCUT2D eigenvalue weighted by atomic mass is 10.2. The molecule has 2 aromatic rings. The molecule has 1 aromatic heterocycles. The Kier molecular flexibility index (Phi) is 6.89. The SMILES string of the molecule is C=CCN(CCOCC)S(=O)(=O)c1ccc(CN2c3ccncc3NC2C)cc1. The predicted molar refractivity (Wildman–Crippen MR) is 115 cm³/mol. The third-order valence-electron chi connectivity index (χ3n) is 4.88. The molecular weight excluding hydrogens is 388 g/mol. The molecule has 3 rings (SSSR count). The Labute approximate surface area is 173 Å². The molecule has 0 bridgehead atoms. The third-order valence-corrected chi connectivity index (χ3v) is 6.75. The fourth-order valence-corrected chi connectivity index (χ4v) is 4.75. The second-order valence-corrected chi connectivity index (χ2v) is 8.77. The van der Waals surface area contributed by atoms with Gasteiger partial charge in [0, 0.05) is 32.4 Å². The summed E-state index contributed by atoms with van der Waals surface area (Å²) in [5, 5.41) is 3.40. The molecule has 2 heterocycles. The van der Waals surface area contributed by atoms with Crippen LogP contribution >= 0.6 is 0 Å². The van der Waals surface area contributed by atoms with Crippen LogP contribution in [-0.4, -0.2) is 50.2 Å². The monoisotopic (exact) mass is 416 g/mol. The van der Waals surface area contributed by atoms with E-state index in [2.05, 4.69) is 28.7 Å². The molecule has 29 heavy (non-hydrogen) atoms. The highest BCUT2D eigenvalue weighted by Crippen LogP contribution is 2.34. The summed E-state index contributed by atoms with van der Waals surface area (Å²) in [6.45, 7) is 9.77. The number of anilines is 2. The molecule has 0 saturated heterocycles. The molecule has 0 spiro atoms. The number of nitrogens with one attached hydrogen (secondary N) is 1. The van der Waals surface area contributed by atoms with Gasteiger partial charge < -0.3 is 15.0 Å². The first kappa shape index (κ1) is 21.3.